The minimum absolute atomic E-state index is 0.0234. The molecular weight excluding hydrogens is 899 g/mol. The zero-order chi connectivity index (χ0) is 45.8. The number of anilines is 1. The number of nitrogens with one attached hydrogen (secondary N) is 2. The van der Waals surface area contributed by atoms with Crippen LogP contribution in [-0.4, -0.2) is 145 Å². The lowest BCUT2D eigenvalue weighted by Crippen LogP contribution is -2.46. The predicted octanol–water partition coefficient (Wildman–Crippen LogP) is -0.253. The molecule has 0 aliphatic carbocycles. The molecule has 3 rings (SSSR count). The summed E-state index contributed by atoms with van der Waals surface area (Å²) in [7, 11) is -16.4. The van der Waals surface area contributed by atoms with Crippen LogP contribution in [0.5, 0.6) is 0 Å². The molecule has 61 heavy (non-hydrogen) atoms. The molecule has 0 radical (unpaired) electrons. The van der Waals surface area contributed by atoms with E-state index in [2.05, 4.69) is 34.4 Å². The summed E-state index contributed by atoms with van der Waals surface area (Å²) in [4.78, 5) is 87.9. The van der Waals surface area contributed by atoms with Gasteiger partial charge in [-0.15, -0.1) is 0 Å². The first-order valence-electron chi connectivity index (χ1n) is 18.7. The van der Waals surface area contributed by atoms with Gasteiger partial charge in [0.1, 0.15) is 36.3 Å². The van der Waals surface area contributed by atoms with E-state index in [-0.39, 0.29) is 59.9 Å². The smallest absolute Gasteiger partial charge is 0.393 e. The molecule has 2 amide bonds. The fraction of sp³-hybridized carbons (Fsp3) is 0.742. The molecule has 0 aromatic carbocycles. The maximum absolute atomic E-state index is 12.7. The maximum atomic E-state index is 12.7. The summed E-state index contributed by atoms with van der Waals surface area (Å²) in [5, 5.41) is 45.5. The largest absolute Gasteiger partial charge is 0.481 e. The van der Waals surface area contributed by atoms with Crippen LogP contribution in [0, 0.1) is 5.41 Å². The summed E-state index contributed by atoms with van der Waals surface area (Å²) in [6.07, 6.45) is -4.68. The third-order valence-electron chi connectivity index (χ3n) is 8.83. The molecule has 1 saturated heterocycles. The molecule has 348 valence electrons. The number of hydrogen-bond donors (Lipinski definition) is 11. The van der Waals surface area contributed by atoms with Crippen molar-refractivity contribution in [2.75, 3.05) is 37.8 Å². The van der Waals surface area contributed by atoms with Crippen LogP contribution >= 0.6 is 35.2 Å². The van der Waals surface area contributed by atoms with Gasteiger partial charge in [-0.2, -0.15) is 4.31 Å². The van der Waals surface area contributed by atoms with E-state index < -0.39 is 90.7 Å². The van der Waals surface area contributed by atoms with Crippen molar-refractivity contribution in [1.82, 2.24) is 30.2 Å². The summed E-state index contributed by atoms with van der Waals surface area (Å²) in [5.74, 6) is -1.29. The van der Waals surface area contributed by atoms with Crippen molar-refractivity contribution >= 4 is 69.1 Å². The quantitative estimate of drug-likeness (QED) is 0.0406. The molecule has 30 heteroatoms. The number of ether oxygens (including phenoxy) is 1. The molecule has 26 nitrogen and oxygen atoms in total. The van der Waals surface area contributed by atoms with Gasteiger partial charge in [-0.3, -0.25) is 32.5 Å². The zero-order valence-corrected chi connectivity index (χ0v) is 36.9. The Kier molecular flexibility index (Phi) is 20.3. The van der Waals surface area contributed by atoms with Crippen LogP contribution in [0.25, 0.3) is 11.2 Å². The number of phosphoric ester groups is 3. The minimum atomic E-state index is -5.59. The lowest BCUT2D eigenvalue weighted by atomic mass is 9.87. The van der Waals surface area contributed by atoms with Crippen molar-refractivity contribution < 1.29 is 90.7 Å². The second-order valence-electron chi connectivity index (χ2n) is 14.6. The maximum Gasteiger partial charge on any atom is 0.481 e. The molecule has 0 saturated carbocycles. The molecule has 0 bridgehead atoms. The van der Waals surface area contributed by atoms with Crippen LogP contribution in [0.2, 0.25) is 0 Å². The number of imidazole rings is 1. The highest BCUT2D eigenvalue weighted by Crippen LogP contribution is 2.61. The first kappa shape index (κ1) is 52.8. The molecule has 1 aliphatic rings. The number of thioether (sulfide) groups is 1. The lowest BCUT2D eigenvalue weighted by molar-refractivity contribution is -0.137. The van der Waals surface area contributed by atoms with Crippen LogP contribution in [0.15, 0.2) is 12.7 Å². The summed E-state index contributed by atoms with van der Waals surface area (Å²) >= 11 is 0.953. The summed E-state index contributed by atoms with van der Waals surface area (Å²) in [6.45, 7) is 2.03. The third-order valence-corrected chi connectivity index (χ3v) is 12.8. The molecule has 1 fully saturated rings. The topological polar surface area (TPSA) is 404 Å². The summed E-state index contributed by atoms with van der Waals surface area (Å²) in [5.41, 5.74) is 4.23. The Morgan fingerprint density at radius 1 is 0.984 bits per heavy atom. The average molecular weight is 954 g/mol. The van der Waals surface area contributed by atoms with Gasteiger partial charge < -0.3 is 61.1 Å². The monoisotopic (exact) mass is 953 g/mol. The van der Waals surface area contributed by atoms with Crippen LogP contribution in [-0.2, 0) is 50.7 Å². The van der Waals surface area contributed by atoms with E-state index in [0.29, 0.717) is 12.8 Å². The SMILES string of the molecule is CC(O)CCCCCC(O)CC(=O)SCCNC(=O)CCNC(=O)C(O)C(C)(C)COP(=O)(O)OP(=O)(O)OCC1OC(n2cnc3c(N)ncnc32)C(O)C1OP(=O)(O)O. The van der Waals surface area contributed by atoms with Crippen LogP contribution in [0.4, 0.5) is 5.82 Å². The fourth-order valence-electron chi connectivity index (χ4n) is 5.64. The zero-order valence-electron chi connectivity index (χ0n) is 33.4. The van der Waals surface area contributed by atoms with Crippen LogP contribution < -0.4 is 16.4 Å². The van der Waals surface area contributed by atoms with E-state index in [4.69, 9.17) is 19.5 Å². The molecular formula is C31H54N7O19P3S. The van der Waals surface area contributed by atoms with E-state index in [1.165, 1.54) is 13.8 Å². The Morgan fingerprint density at radius 2 is 1.66 bits per heavy atom. The van der Waals surface area contributed by atoms with E-state index in [1.807, 2.05) is 0 Å². The van der Waals surface area contributed by atoms with Crippen LogP contribution in [0.3, 0.4) is 0 Å². The van der Waals surface area contributed by atoms with Gasteiger partial charge >= 0.3 is 23.5 Å². The van der Waals surface area contributed by atoms with Crippen molar-refractivity contribution in [3.63, 3.8) is 0 Å². The number of fused-ring (bicyclic) bond motifs is 1. The van der Waals surface area contributed by atoms with Gasteiger partial charge in [0.2, 0.25) is 11.8 Å². The Hall–Kier alpha value is -2.52. The highest BCUT2D eigenvalue weighted by molar-refractivity contribution is 8.13. The van der Waals surface area contributed by atoms with Gasteiger partial charge in [-0.25, -0.2) is 28.6 Å². The molecule has 9 atom stereocenters. The van der Waals surface area contributed by atoms with Gasteiger partial charge in [0.15, 0.2) is 22.8 Å². The minimum Gasteiger partial charge on any atom is -0.393 e. The van der Waals surface area contributed by atoms with Crippen molar-refractivity contribution in [2.45, 2.75) is 109 Å². The van der Waals surface area contributed by atoms with Gasteiger partial charge in [-0.1, -0.05) is 44.9 Å². The number of amides is 2. The van der Waals surface area contributed by atoms with Gasteiger partial charge in [0.25, 0.3) is 0 Å². The van der Waals surface area contributed by atoms with Crippen molar-refractivity contribution in [3.8, 4) is 0 Å². The normalized spacial score (nSPS) is 22.0. The number of phosphoric acid groups is 3. The van der Waals surface area contributed by atoms with E-state index in [1.54, 1.807) is 6.92 Å². The molecule has 9 unspecified atom stereocenters. The third kappa shape index (κ3) is 17.9. The van der Waals surface area contributed by atoms with E-state index in [9.17, 15) is 68.1 Å². The lowest BCUT2D eigenvalue weighted by Gasteiger charge is -2.30. The highest BCUT2D eigenvalue weighted by Gasteiger charge is 2.50. The van der Waals surface area contributed by atoms with Gasteiger partial charge in [0, 0.05) is 37.1 Å². The molecule has 0 spiro atoms. The van der Waals surface area contributed by atoms with Crippen LogP contribution in [0.1, 0.15) is 71.9 Å². The second kappa shape index (κ2) is 23.4. The average Bonchev–Trinajstić information content (AvgIpc) is 3.71. The summed E-state index contributed by atoms with van der Waals surface area (Å²) in [6, 6.07) is 0. The van der Waals surface area contributed by atoms with Gasteiger partial charge in [-0.05, 0) is 19.8 Å². The fourth-order valence-corrected chi connectivity index (χ4v) is 9.22. The molecule has 12 N–H and O–H groups in total. The number of aliphatic hydroxyl groups excluding tert-OH is 4. The molecule has 1 aliphatic heterocycles. The van der Waals surface area contributed by atoms with Gasteiger partial charge in [0.05, 0.1) is 31.7 Å². The Labute approximate surface area is 353 Å². The van der Waals surface area contributed by atoms with Crippen molar-refractivity contribution in [1.29, 1.82) is 0 Å². The number of nitrogens with two attached hydrogens (primary N) is 1. The van der Waals surface area contributed by atoms with E-state index >= 15 is 0 Å². The molecule has 2 aromatic heterocycles. The number of nitrogen functional groups attached to an aromatic ring is 1. The number of nitrogens with zero attached hydrogens (tertiary/aromatic N) is 4. The summed E-state index contributed by atoms with van der Waals surface area (Å²) < 4.78 is 62.2. The van der Waals surface area contributed by atoms with Crippen molar-refractivity contribution in [2.24, 2.45) is 5.41 Å². The Balaban J connectivity index is 1.41. The Morgan fingerprint density at radius 3 is 2.33 bits per heavy atom. The highest BCUT2D eigenvalue weighted by atomic mass is 32.2. The number of carbonyl (C=O) groups is 3. The standard InChI is InChI=1S/C31H54N7O19P3S/c1-18(39)7-5-4-6-8-19(40)13-22(42)61-12-11-33-21(41)9-10-34-29(45)26(44)31(2,3)15-54-60(51,52)57-59(49,50)53-14-20-25(56-58(46,47)48)24(43)30(55-20)38-17-37-23-27(32)35-16-36-28(23)38/h16-20,24-26,30,39-40,43-44H,4-15H2,1-3H3,(H,33,41)(H,34,45)(H,49,50)(H,51,52)(H2,32,35,36)(H2,46,47,48). The van der Waals surface area contributed by atoms with E-state index in [0.717, 1.165) is 48.2 Å². The number of carbonyl (C=O) groups excluding carboxylic acids is 3. The van der Waals surface area contributed by atoms with Crippen molar-refractivity contribution in [3.05, 3.63) is 12.7 Å². The first-order chi connectivity index (χ1) is 28.3. The number of aliphatic hydroxyl groups is 4. The first-order valence-corrected chi connectivity index (χ1v) is 24.2. The number of unbranched alkanes of at least 4 members (excludes halogenated alkanes) is 2. The molecule has 3 heterocycles. The second-order valence-corrected chi connectivity index (χ2v) is 20.0. The molecule has 2 aromatic rings. The number of hydrogen-bond acceptors (Lipinski definition) is 20. The Bertz CT molecular complexity index is 1920. The predicted molar refractivity (Wildman–Crippen MR) is 212 cm³/mol. The number of aromatic nitrogens is 4. The number of rotatable bonds is 27.